The van der Waals surface area contributed by atoms with Crippen molar-refractivity contribution in [2.75, 3.05) is 13.2 Å². The molecule has 0 saturated carbocycles. The minimum absolute atomic E-state index is 0.0171. The van der Waals surface area contributed by atoms with Gasteiger partial charge in [-0.1, -0.05) is 0 Å². The Morgan fingerprint density at radius 3 is 2.56 bits per heavy atom. The maximum Gasteiger partial charge on any atom is 0.405 e. The lowest BCUT2D eigenvalue weighted by atomic mass is 10.1. The average molecular weight is 387 g/mol. The molecule has 2 N–H and O–H groups in total. The third-order valence-corrected chi connectivity index (χ3v) is 3.23. The van der Waals surface area contributed by atoms with Gasteiger partial charge in [0.25, 0.3) is 5.91 Å². The van der Waals surface area contributed by atoms with Gasteiger partial charge in [0.15, 0.2) is 6.61 Å². The van der Waals surface area contributed by atoms with E-state index in [0.29, 0.717) is 10.9 Å². The minimum atomic E-state index is -4.63. The van der Waals surface area contributed by atoms with Crippen LogP contribution in [-0.4, -0.2) is 42.2 Å². The first-order chi connectivity index (χ1) is 12.5. The zero-order valence-electron chi connectivity index (χ0n) is 13.8. The summed E-state index contributed by atoms with van der Waals surface area (Å²) < 4.78 is 53.7. The number of alkyl halides is 3. The summed E-state index contributed by atoms with van der Waals surface area (Å²) in [4.78, 5) is 38.7. The quantitative estimate of drug-likeness (QED) is 0.619. The van der Waals surface area contributed by atoms with E-state index in [4.69, 9.17) is 4.74 Å². The van der Waals surface area contributed by atoms with Crippen molar-refractivity contribution >= 4 is 28.8 Å². The number of nitrogens with zero attached hydrogens (tertiary/aromatic N) is 1. The molecule has 0 bridgehead atoms. The van der Waals surface area contributed by atoms with Gasteiger partial charge in [0.05, 0.1) is 16.8 Å². The van der Waals surface area contributed by atoms with E-state index in [1.165, 1.54) is 36.5 Å². The van der Waals surface area contributed by atoms with Crippen molar-refractivity contribution in [1.29, 1.82) is 0 Å². The number of pyridine rings is 1. The van der Waals surface area contributed by atoms with E-state index in [1.807, 2.05) is 0 Å². The second-order valence-corrected chi connectivity index (χ2v) is 5.38. The molecule has 0 radical (unpaired) electrons. The number of nitrogens with one attached hydrogen (secondary N) is 2. The van der Waals surface area contributed by atoms with Gasteiger partial charge in [0, 0.05) is 11.5 Å². The molecule has 1 aromatic heterocycles. The van der Waals surface area contributed by atoms with Crippen molar-refractivity contribution in [2.24, 2.45) is 0 Å². The number of carbonyl (C=O) groups excluding carboxylic acids is 3. The Bertz CT molecular complexity index is 899. The van der Waals surface area contributed by atoms with Gasteiger partial charge in [0.1, 0.15) is 12.4 Å². The number of fused-ring (bicyclic) bond motifs is 1. The van der Waals surface area contributed by atoms with Crippen LogP contribution in [0.4, 0.5) is 22.4 Å². The standard InChI is InChI=1S/C16H13F4N3O4/c1-8-11(4-9-2-3-10(17)5-12(9)22-8)14(25)27-6-13(24)23-15(26)21-7-16(18,19)20/h2-5H,6-7H2,1H3,(H2,21,23,24,26). The van der Waals surface area contributed by atoms with E-state index >= 15 is 0 Å². The number of aromatic nitrogens is 1. The molecule has 7 nitrogen and oxygen atoms in total. The van der Waals surface area contributed by atoms with Crippen LogP contribution in [0.2, 0.25) is 0 Å². The maximum absolute atomic E-state index is 13.2. The molecule has 2 rings (SSSR count). The van der Waals surface area contributed by atoms with Crippen LogP contribution in [0.5, 0.6) is 0 Å². The molecule has 1 heterocycles. The van der Waals surface area contributed by atoms with Gasteiger partial charge >= 0.3 is 18.2 Å². The third kappa shape index (κ3) is 5.90. The Morgan fingerprint density at radius 1 is 1.19 bits per heavy atom. The van der Waals surface area contributed by atoms with Gasteiger partial charge in [0.2, 0.25) is 0 Å². The number of amides is 3. The van der Waals surface area contributed by atoms with E-state index in [-0.39, 0.29) is 11.3 Å². The van der Waals surface area contributed by atoms with Gasteiger partial charge in [-0.25, -0.2) is 14.0 Å². The number of urea groups is 1. The highest BCUT2D eigenvalue weighted by atomic mass is 19.4. The van der Waals surface area contributed by atoms with E-state index in [2.05, 4.69) is 4.98 Å². The van der Waals surface area contributed by atoms with Gasteiger partial charge in [-0.15, -0.1) is 0 Å². The number of hydrogen-bond donors (Lipinski definition) is 2. The van der Waals surface area contributed by atoms with Crippen molar-refractivity contribution in [3.05, 3.63) is 41.3 Å². The number of halogens is 4. The molecule has 2 aromatic rings. The first-order valence-electron chi connectivity index (χ1n) is 7.43. The summed E-state index contributed by atoms with van der Waals surface area (Å²) in [5, 5.41) is 3.48. The van der Waals surface area contributed by atoms with Crippen LogP contribution >= 0.6 is 0 Å². The molecule has 0 saturated heterocycles. The Morgan fingerprint density at radius 2 is 1.89 bits per heavy atom. The average Bonchev–Trinajstić information content (AvgIpc) is 2.56. The van der Waals surface area contributed by atoms with Crippen molar-refractivity contribution in [3.8, 4) is 0 Å². The SMILES string of the molecule is Cc1nc2cc(F)ccc2cc1C(=O)OCC(=O)NC(=O)NCC(F)(F)F. The fourth-order valence-electron chi connectivity index (χ4n) is 2.04. The molecule has 1 aromatic carbocycles. The number of imide groups is 1. The number of aryl methyl sites for hydroxylation is 1. The fraction of sp³-hybridized carbons (Fsp3) is 0.250. The monoisotopic (exact) mass is 387 g/mol. The first kappa shape index (κ1) is 20.1. The predicted molar refractivity (Wildman–Crippen MR) is 84.3 cm³/mol. The number of benzene rings is 1. The summed E-state index contributed by atoms with van der Waals surface area (Å²) >= 11 is 0. The van der Waals surface area contributed by atoms with Crippen molar-refractivity contribution in [2.45, 2.75) is 13.1 Å². The number of hydrogen-bond acceptors (Lipinski definition) is 5. The summed E-state index contributed by atoms with van der Waals surface area (Å²) in [6.07, 6.45) is -4.63. The summed E-state index contributed by atoms with van der Waals surface area (Å²) in [6, 6.07) is 3.80. The van der Waals surface area contributed by atoms with Crippen molar-refractivity contribution in [1.82, 2.24) is 15.6 Å². The van der Waals surface area contributed by atoms with Crippen molar-refractivity contribution in [3.63, 3.8) is 0 Å². The van der Waals surface area contributed by atoms with Gasteiger partial charge < -0.3 is 10.1 Å². The second kappa shape index (κ2) is 7.98. The first-order valence-corrected chi connectivity index (χ1v) is 7.43. The Labute approximate surface area is 149 Å². The number of rotatable bonds is 4. The number of esters is 1. The number of ether oxygens (including phenoxy) is 1. The molecule has 144 valence electrons. The van der Waals surface area contributed by atoms with E-state index in [1.54, 1.807) is 5.32 Å². The van der Waals surface area contributed by atoms with Crippen LogP contribution in [0.3, 0.4) is 0 Å². The van der Waals surface area contributed by atoms with Gasteiger partial charge in [-0.05, 0) is 25.1 Å². The molecule has 0 spiro atoms. The molecule has 0 atom stereocenters. The molecule has 0 unspecified atom stereocenters. The van der Waals surface area contributed by atoms with E-state index in [0.717, 1.165) is 0 Å². The summed E-state index contributed by atoms with van der Waals surface area (Å²) in [5.74, 6) is -2.54. The second-order valence-electron chi connectivity index (χ2n) is 5.38. The van der Waals surface area contributed by atoms with E-state index in [9.17, 15) is 31.9 Å². The Hall–Kier alpha value is -3.24. The lowest BCUT2D eigenvalue weighted by Gasteiger charge is -2.10. The largest absolute Gasteiger partial charge is 0.452 e. The summed E-state index contributed by atoms with van der Waals surface area (Å²) in [7, 11) is 0. The molecule has 0 aliphatic heterocycles. The minimum Gasteiger partial charge on any atom is -0.452 e. The van der Waals surface area contributed by atoms with Crippen molar-refractivity contribution < 1.29 is 36.7 Å². The molecular formula is C16H13F4N3O4. The normalized spacial score (nSPS) is 11.1. The molecule has 11 heteroatoms. The Kier molecular flexibility index (Phi) is 5.93. The van der Waals surface area contributed by atoms with Crippen LogP contribution in [0.15, 0.2) is 24.3 Å². The van der Waals surface area contributed by atoms with Crippen LogP contribution in [-0.2, 0) is 9.53 Å². The topological polar surface area (TPSA) is 97.4 Å². The fourth-order valence-corrected chi connectivity index (χ4v) is 2.04. The van der Waals surface area contributed by atoms with Crippen LogP contribution in [0.1, 0.15) is 16.1 Å². The lowest BCUT2D eigenvalue weighted by molar-refractivity contribution is -0.125. The molecule has 27 heavy (non-hydrogen) atoms. The van der Waals surface area contributed by atoms with Gasteiger partial charge in [-0.2, -0.15) is 13.2 Å². The zero-order chi connectivity index (χ0) is 20.2. The summed E-state index contributed by atoms with van der Waals surface area (Å²) in [6.45, 7) is -1.03. The molecule has 0 aliphatic rings. The van der Waals surface area contributed by atoms with Gasteiger partial charge in [-0.3, -0.25) is 15.1 Å². The van der Waals surface area contributed by atoms with E-state index < -0.39 is 43.1 Å². The predicted octanol–water partition coefficient (Wildman–Crippen LogP) is 2.23. The Balaban J connectivity index is 1.94. The smallest absolute Gasteiger partial charge is 0.405 e. The zero-order valence-corrected chi connectivity index (χ0v) is 13.8. The van der Waals surface area contributed by atoms with Crippen LogP contribution in [0, 0.1) is 12.7 Å². The molecule has 3 amide bonds. The molecule has 0 fully saturated rings. The molecular weight excluding hydrogens is 374 g/mol. The highest BCUT2D eigenvalue weighted by molar-refractivity contribution is 5.98. The van der Waals surface area contributed by atoms with Crippen LogP contribution in [0.25, 0.3) is 10.9 Å². The third-order valence-electron chi connectivity index (χ3n) is 3.23. The lowest BCUT2D eigenvalue weighted by Crippen LogP contribution is -2.44. The summed E-state index contributed by atoms with van der Waals surface area (Å²) in [5.41, 5.74) is 0.563. The van der Waals surface area contributed by atoms with Crippen LogP contribution < -0.4 is 10.6 Å². The highest BCUT2D eigenvalue weighted by Crippen LogP contribution is 2.18. The molecule has 0 aliphatic carbocycles. The maximum atomic E-state index is 13.2. The highest BCUT2D eigenvalue weighted by Gasteiger charge is 2.28. The number of carbonyl (C=O) groups is 3.